The fourth-order valence-corrected chi connectivity index (χ4v) is 3.51. The second kappa shape index (κ2) is 8.43. The molecule has 0 saturated carbocycles. The maximum absolute atomic E-state index is 11.9. The standard InChI is InChI=1S/C24H25N3O2/c1-3-4-13-29-23-22(17-7-5-16(2)6-8-17)25-15-26-24(23)27-19-10-11-20-18(14-19)9-12-21(20)28/h5-8,10-11,14-15H,3-4,9,12-13H2,1-2H3,(H,25,26,27). The maximum atomic E-state index is 11.9. The molecule has 0 aliphatic heterocycles. The number of hydrogen-bond acceptors (Lipinski definition) is 5. The van der Waals surface area contributed by atoms with Gasteiger partial charge in [0.2, 0.25) is 0 Å². The molecule has 29 heavy (non-hydrogen) atoms. The zero-order valence-electron chi connectivity index (χ0n) is 16.9. The van der Waals surface area contributed by atoms with E-state index in [4.69, 9.17) is 4.74 Å². The van der Waals surface area contributed by atoms with Gasteiger partial charge in [-0.15, -0.1) is 0 Å². The van der Waals surface area contributed by atoms with Crippen LogP contribution in [0.1, 0.15) is 47.7 Å². The summed E-state index contributed by atoms with van der Waals surface area (Å²) in [5, 5.41) is 3.38. The Morgan fingerprint density at radius 1 is 1.07 bits per heavy atom. The summed E-state index contributed by atoms with van der Waals surface area (Å²) in [5.74, 6) is 1.51. The minimum atomic E-state index is 0.221. The van der Waals surface area contributed by atoms with Crippen molar-refractivity contribution in [1.29, 1.82) is 0 Å². The monoisotopic (exact) mass is 387 g/mol. The van der Waals surface area contributed by atoms with Crippen molar-refractivity contribution >= 4 is 17.3 Å². The van der Waals surface area contributed by atoms with Crippen molar-refractivity contribution in [1.82, 2.24) is 9.97 Å². The Hall–Kier alpha value is -3.21. The highest BCUT2D eigenvalue weighted by atomic mass is 16.5. The molecule has 3 aromatic rings. The molecule has 0 spiro atoms. The van der Waals surface area contributed by atoms with Crippen molar-refractivity contribution in [2.75, 3.05) is 11.9 Å². The second-order valence-electron chi connectivity index (χ2n) is 7.39. The normalized spacial score (nSPS) is 12.7. The van der Waals surface area contributed by atoms with Gasteiger partial charge in [0.15, 0.2) is 17.4 Å². The SMILES string of the molecule is CCCCOc1c(Nc2ccc3c(c2)CCC3=O)ncnc1-c1ccc(C)cc1. The molecular weight excluding hydrogens is 362 g/mol. The van der Waals surface area contributed by atoms with E-state index >= 15 is 0 Å². The second-order valence-corrected chi connectivity index (χ2v) is 7.39. The predicted molar refractivity (Wildman–Crippen MR) is 115 cm³/mol. The molecule has 5 nitrogen and oxygen atoms in total. The largest absolute Gasteiger partial charge is 0.488 e. The molecule has 4 rings (SSSR count). The van der Waals surface area contributed by atoms with E-state index < -0.39 is 0 Å². The highest BCUT2D eigenvalue weighted by Crippen LogP contribution is 2.36. The van der Waals surface area contributed by atoms with Crippen LogP contribution in [-0.2, 0) is 6.42 Å². The van der Waals surface area contributed by atoms with E-state index in [1.54, 1.807) is 6.33 Å². The molecule has 0 saturated heterocycles. The van der Waals surface area contributed by atoms with Gasteiger partial charge < -0.3 is 10.1 Å². The number of rotatable bonds is 7. The fraction of sp³-hybridized carbons (Fsp3) is 0.292. The summed E-state index contributed by atoms with van der Waals surface area (Å²) in [6, 6.07) is 14.1. The highest BCUT2D eigenvalue weighted by Gasteiger charge is 2.20. The molecule has 0 unspecified atom stereocenters. The molecule has 1 aliphatic carbocycles. The highest BCUT2D eigenvalue weighted by molar-refractivity contribution is 6.00. The van der Waals surface area contributed by atoms with Gasteiger partial charge in [-0.1, -0.05) is 43.2 Å². The lowest BCUT2D eigenvalue weighted by Gasteiger charge is -2.16. The van der Waals surface area contributed by atoms with E-state index in [-0.39, 0.29) is 5.78 Å². The Bertz CT molecular complexity index is 1030. The van der Waals surface area contributed by atoms with Crippen molar-refractivity contribution in [2.24, 2.45) is 0 Å². The van der Waals surface area contributed by atoms with Crippen LogP contribution >= 0.6 is 0 Å². The minimum Gasteiger partial charge on any atom is -0.488 e. The lowest BCUT2D eigenvalue weighted by Crippen LogP contribution is -2.05. The first-order chi connectivity index (χ1) is 14.2. The molecule has 0 amide bonds. The smallest absolute Gasteiger partial charge is 0.188 e. The average Bonchev–Trinajstić information content (AvgIpc) is 3.10. The number of Topliss-reactive ketones (excluding diaryl/α,β-unsaturated/α-hetero) is 1. The number of hydrogen-bond donors (Lipinski definition) is 1. The third-order valence-electron chi connectivity index (χ3n) is 5.16. The lowest BCUT2D eigenvalue weighted by molar-refractivity contribution is 0.0994. The van der Waals surface area contributed by atoms with Crippen LogP contribution < -0.4 is 10.1 Å². The van der Waals surface area contributed by atoms with Gasteiger partial charge in [0, 0.05) is 23.2 Å². The summed E-state index contributed by atoms with van der Waals surface area (Å²) in [4.78, 5) is 20.9. The number of carbonyl (C=O) groups is 1. The first-order valence-corrected chi connectivity index (χ1v) is 10.1. The number of ketones is 1. The molecule has 1 heterocycles. The van der Waals surface area contributed by atoms with Crippen molar-refractivity contribution < 1.29 is 9.53 Å². The number of aryl methyl sites for hydroxylation is 2. The lowest BCUT2D eigenvalue weighted by atomic mass is 10.1. The van der Waals surface area contributed by atoms with Gasteiger partial charge in [-0.25, -0.2) is 9.97 Å². The maximum Gasteiger partial charge on any atom is 0.188 e. The van der Waals surface area contributed by atoms with Crippen molar-refractivity contribution in [3.63, 3.8) is 0 Å². The van der Waals surface area contributed by atoms with Crippen molar-refractivity contribution in [3.8, 4) is 17.0 Å². The van der Waals surface area contributed by atoms with E-state index in [9.17, 15) is 4.79 Å². The average molecular weight is 387 g/mol. The first kappa shape index (κ1) is 19.1. The topological polar surface area (TPSA) is 64.1 Å². The van der Waals surface area contributed by atoms with Crippen LogP contribution in [-0.4, -0.2) is 22.4 Å². The number of nitrogens with zero attached hydrogens (tertiary/aromatic N) is 2. The summed E-state index contributed by atoms with van der Waals surface area (Å²) in [5.41, 5.74) is 5.77. The molecule has 148 valence electrons. The third kappa shape index (κ3) is 4.14. The summed E-state index contributed by atoms with van der Waals surface area (Å²) in [6.07, 6.45) is 4.95. The number of benzene rings is 2. The number of nitrogens with one attached hydrogen (secondary N) is 1. The first-order valence-electron chi connectivity index (χ1n) is 10.1. The van der Waals surface area contributed by atoms with Crippen LogP contribution in [0.15, 0.2) is 48.8 Å². The minimum absolute atomic E-state index is 0.221. The summed E-state index contributed by atoms with van der Waals surface area (Å²) in [7, 11) is 0. The molecule has 0 atom stereocenters. The predicted octanol–water partition coefficient (Wildman–Crippen LogP) is 5.50. The molecule has 0 fully saturated rings. The molecule has 1 aliphatic rings. The summed E-state index contributed by atoms with van der Waals surface area (Å²) in [6.45, 7) is 4.81. The zero-order chi connectivity index (χ0) is 20.2. The van der Waals surface area contributed by atoms with Gasteiger partial charge in [0.05, 0.1) is 6.61 Å². The van der Waals surface area contributed by atoms with Crippen LogP contribution in [0.4, 0.5) is 11.5 Å². The van der Waals surface area contributed by atoms with E-state index in [1.807, 2.05) is 18.2 Å². The third-order valence-corrected chi connectivity index (χ3v) is 5.16. The Morgan fingerprint density at radius 3 is 2.69 bits per heavy atom. The van der Waals surface area contributed by atoms with Gasteiger partial charge in [-0.05, 0) is 43.5 Å². The Morgan fingerprint density at radius 2 is 1.90 bits per heavy atom. The molecular formula is C24H25N3O2. The zero-order valence-corrected chi connectivity index (χ0v) is 16.9. The summed E-state index contributed by atoms with van der Waals surface area (Å²) < 4.78 is 6.13. The number of unbranched alkanes of at least 4 members (excludes halogenated alkanes) is 1. The number of aromatic nitrogens is 2. The Labute approximate surface area is 171 Å². The van der Waals surface area contributed by atoms with Crippen LogP contribution in [0.2, 0.25) is 0 Å². The number of ether oxygens (including phenoxy) is 1. The van der Waals surface area contributed by atoms with E-state index in [1.165, 1.54) is 5.56 Å². The van der Waals surface area contributed by atoms with Crippen molar-refractivity contribution in [3.05, 3.63) is 65.5 Å². The number of fused-ring (bicyclic) bond motifs is 1. The molecule has 1 N–H and O–H groups in total. The van der Waals surface area contributed by atoms with Crippen LogP contribution in [0.5, 0.6) is 5.75 Å². The molecule has 0 bridgehead atoms. The van der Waals surface area contributed by atoms with Gasteiger partial charge >= 0.3 is 0 Å². The molecule has 2 aromatic carbocycles. The van der Waals surface area contributed by atoms with E-state index in [2.05, 4.69) is 53.4 Å². The van der Waals surface area contributed by atoms with Crippen LogP contribution in [0.25, 0.3) is 11.3 Å². The van der Waals surface area contributed by atoms with Crippen molar-refractivity contribution in [2.45, 2.75) is 39.5 Å². The van der Waals surface area contributed by atoms with E-state index in [0.717, 1.165) is 47.3 Å². The van der Waals surface area contributed by atoms with Crippen LogP contribution in [0, 0.1) is 6.92 Å². The molecule has 1 aromatic heterocycles. The Kier molecular flexibility index (Phi) is 5.56. The van der Waals surface area contributed by atoms with Gasteiger partial charge in [0.25, 0.3) is 0 Å². The van der Waals surface area contributed by atoms with Gasteiger partial charge in [-0.2, -0.15) is 0 Å². The van der Waals surface area contributed by atoms with E-state index in [0.29, 0.717) is 24.6 Å². The van der Waals surface area contributed by atoms with Gasteiger partial charge in [-0.3, -0.25) is 4.79 Å². The number of carbonyl (C=O) groups excluding carboxylic acids is 1. The summed E-state index contributed by atoms with van der Waals surface area (Å²) >= 11 is 0. The quantitative estimate of drug-likeness (QED) is 0.542. The van der Waals surface area contributed by atoms with Gasteiger partial charge in [0.1, 0.15) is 12.0 Å². The Balaban J connectivity index is 1.69. The number of anilines is 2. The molecule has 5 heteroatoms. The fourth-order valence-electron chi connectivity index (χ4n) is 3.51. The van der Waals surface area contributed by atoms with Crippen LogP contribution in [0.3, 0.4) is 0 Å². The molecule has 0 radical (unpaired) electrons.